The van der Waals surface area contributed by atoms with Gasteiger partial charge in [-0.15, -0.1) is 11.3 Å². The van der Waals surface area contributed by atoms with Crippen LogP contribution in [0.25, 0.3) is 0 Å². The van der Waals surface area contributed by atoms with E-state index in [-0.39, 0.29) is 17.5 Å². The molecule has 7 heteroatoms. The van der Waals surface area contributed by atoms with Crippen molar-refractivity contribution in [2.24, 2.45) is 0 Å². The zero-order valence-corrected chi connectivity index (χ0v) is 12.9. The molecular formula is C12H20N2O3S2. The lowest BCUT2D eigenvalue weighted by molar-refractivity contribution is 0.248. The van der Waals surface area contributed by atoms with E-state index in [1.54, 1.807) is 12.3 Å². The van der Waals surface area contributed by atoms with Crippen molar-refractivity contribution in [3.05, 3.63) is 15.8 Å². The summed E-state index contributed by atoms with van der Waals surface area (Å²) >= 11 is 1.29. The van der Waals surface area contributed by atoms with E-state index in [2.05, 4.69) is 9.62 Å². The van der Waals surface area contributed by atoms with Crippen LogP contribution in [-0.2, 0) is 16.6 Å². The minimum absolute atomic E-state index is 0.00737. The molecule has 0 amide bonds. The number of rotatable bonds is 4. The zero-order valence-electron chi connectivity index (χ0n) is 11.2. The Bertz CT molecular complexity index is 531. The molecule has 1 aromatic rings. The summed E-state index contributed by atoms with van der Waals surface area (Å²) in [5.41, 5.74) is 0.703. The highest BCUT2D eigenvalue weighted by molar-refractivity contribution is 7.89. The Balaban J connectivity index is 2.16. The van der Waals surface area contributed by atoms with Gasteiger partial charge in [0.1, 0.15) is 4.90 Å². The van der Waals surface area contributed by atoms with Gasteiger partial charge in [-0.1, -0.05) is 0 Å². The zero-order chi connectivity index (χ0) is 14.0. The Kier molecular flexibility index (Phi) is 4.62. The second-order valence-electron chi connectivity index (χ2n) is 5.03. The molecule has 0 aliphatic carbocycles. The van der Waals surface area contributed by atoms with Crippen molar-refractivity contribution in [2.75, 3.05) is 20.1 Å². The molecule has 0 unspecified atom stereocenters. The lowest BCUT2D eigenvalue weighted by atomic mass is 10.1. The van der Waals surface area contributed by atoms with E-state index in [0.29, 0.717) is 10.4 Å². The van der Waals surface area contributed by atoms with E-state index in [1.165, 1.54) is 11.3 Å². The fourth-order valence-electron chi connectivity index (χ4n) is 2.36. The van der Waals surface area contributed by atoms with Crippen molar-refractivity contribution in [3.8, 4) is 0 Å². The summed E-state index contributed by atoms with van der Waals surface area (Å²) in [6, 6.07) is -0.00737. The summed E-state index contributed by atoms with van der Waals surface area (Å²) in [6.07, 6.45) is 1.65. The summed E-state index contributed by atoms with van der Waals surface area (Å²) in [5, 5.41) is 11.0. The molecule has 0 aromatic carbocycles. The molecule has 1 saturated heterocycles. The molecule has 0 atom stereocenters. The van der Waals surface area contributed by atoms with Gasteiger partial charge in [0.05, 0.1) is 11.5 Å². The van der Waals surface area contributed by atoms with Gasteiger partial charge in [0.25, 0.3) is 0 Å². The molecule has 0 bridgehead atoms. The number of aliphatic hydroxyl groups excluding tert-OH is 1. The number of nitrogens with zero attached hydrogens (tertiary/aromatic N) is 1. The van der Waals surface area contributed by atoms with Crippen LogP contribution in [0.2, 0.25) is 0 Å². The van der Waals surface area contributed by atoms with E-state index in [1.807, 2.05) is 7.05 Å². The SMILES string of the molecule is Cc1csc(CO)c1S(=O)(=O)NC1CCN(C)CC1. The normalized spacial score (nSPS) is 18.9. The molecule has 0 radical (unpaired) electrons. The highest BCUT2D eigenvalue weighted by atomic mass is 32.2. The van der Waals surface area contributed by atoms with Crippen LogP contribution >= 0.6 is 11.3 Å². The van der Waals surface area contributed by atoms with Crippen LogP contribution in [-0.4, -0.2) is 44.6 Å². The molecule has 1 aromatic heterocycles. The predicted octanol–water partition coefficient (Wildman–Crippen LogP) is 0.921. The van der Waals surface area contributed by atoms with Crippen molar-refractivity contribution >= 4 is 21.4 Å². The molecule has 2 heterocycles. The van der Waals surface area contributed by atoms with E-state index in [9.17, 15) is 13.5 Å². The fourth-order valence-corrected chi connectivity index (χ4v) is 5.33. The third-order valence-corrected chi connectivity index (χ3v) is 6.41. The van der Waals surface area contributed by atoms with Gasteiger partial charge in [-0.2, -0.15) is 0 Å². The number of aliphatic hydroxyl groups is 1. The second kappa shape index (κ2) is 5.88. The van der Waals surface area contributed by atoms with Crippen molar-refractivity contribution in [1.82, 2.24) is 9.62 Å². The van der Waals surface area contributed by atoms with Gasteiger partial charge in [-0.05, 0) is 50.8 Å². The lowest BCUT2D eigenvalue weighted by Gasteiger charge is -2.29. The molecule has 2 rings (SSSR count). The first-order chi connectivity index (χ1) is 8.94. The molecule has 1 aliphatic rings. The van der Waals surface area contributed by atoms with E-state index < -0.39 is 10.0 Å². The minimum Gasteiger partial charge on any atom is -0.391 e. The molecule has 108 valence electrons. The highest BCUT2D eigenvalue weighted by Crippen LogP contribution is 2.27. The monoisotopic (exact) mass is 304 g/mol. The summed E-state index contributed by atoms with van der Waals surface area (Å²) < 4.78 is 27.6. The van der Waals surface area contributed by atoms with Crippen molar-refractivity contribution in [3.63, 3.8) is 0 Å². The standard InChI is InChI=1S/C12H20N2O3S2/c1-9-8-18-11(7-15)12(9)19(16,17)13-10-3-5-14(2)6-4-10/h8,10,13,15H,3-7H2,1-2H3. The van der Waals surface area contributed by atoms with Gasteiger partial charge in [-0.25, -0.2) is 13.1 Å². The maximum atomic E-state index is 12.4. The molecule has 0 saturated carbocycles. The maximum absolute atomic E-state index is 12.4. The van der Waals surface area contributed by atoms with Gasteiger partial charge in [-0.3, -0.25) is 0 Å². The maximum Gasteiger partial charge on any atom is 0.242 e. The fraction of sp³-hybridized carbons (Fsp3) is 0.667. The number of thiophene rings is 1. The van der Waals surface area contributed by atoms with E-state index in [4.69, 9.17) is 0 Å². The summed E-state index contributed by atoms with van der Waals surface area (Å²) in [4.78, 5) is 2.97. The average molecular weight is 304 g/mol. The molecule has 5 nitrogen and oxygen atoms in total. The largest absolute Gasteiger partial charge is 0.391 e. The quantitative estimate of drug-likeness (QED) is 0.868. The first-order valence-electron chi connectivity index (χ1n) is 6.32. The second-order valence-corrected chi connectivity index (χ2v) is 7.64. The Labute approximate surface area is 118 Å². The number of hydrogen-bond acceptors (Lipinski definition) is 5. The van der Waals surface area contributed by atoms with Crippen LogP contribution in [0.3, 0.4) is 0 Å². The van der Waals surface area contributed by atoms with Gasteiger partial charge in [0.15, 0.2) is 0 Å². The van der Waals surface area contributed by atoms with Gasteiger partial charge >= 0.3 is 0 Å². The van der Waals surface area contributed by atoms with Crippen LogP contribution in [0, 0.1) is 6.92 Å². The molecule has 1 aliphatic heterocycles. The lowest BCUT2D eigenvalue weighted by Crippen LogP contribution is -2.43. The van der Waals surface area contributed by atoms with Crippen LogP contribution in [0.4, 0.5) is 0 Å². The predicted molar refractivity (Wildman–Crippen MR) is 75.8 cm³/mol. The van der Waals surface area contributed by atoms with Crippen molar-refractivity contribution in [2.45, 2.75) is 37.3 Å². The Morgan fingerprint density at radius 3 is 2.68 bits per heavy atom. The highest BCUT2D eigenvalue weighted by Gasteiger charge is 2.27. The first-order valence-corrected chi connectivity index (χ1v) is 8.69. The van der Waals surface area contributed by atoms with E-state index >= 15 is 0 Å². The summed E-state index contributed by atoms with van der Waals surface area (Å²) in [7, 11) is -1.49. The topological polar surface area (TPSA) is 69.6 Å². The number of aryl methyl sites for hydroxylation is 1. The smallest absolute Gasteiger partial charge is 0.242 e. The van der Waals surface area contributed by atoms with Gasteiger partial charge in [0, 0.05) is 6.04 Å². The number of likely N-dealkylation sites (tertiary alicyclic amines) is 1. The average Bonchev–Trinajstić information content (AvgIpc) is 2.74. The van der Waals surface area contributed by atoms with Crippen LogP contribution in [0.15, 0.2) is 10.3 Å². The van der Waals surface area contributed by atoms with Crippen LogP contribution in [0.1, 0.15) is 23.3 Å². The number of sulfonamides is 1. The molecule has 19 heavy (non-hydrogen) atoms. The summed E-state index contributed by atoms with van der Waals surface area (Å²) in [6.45, 7) is 3.34. The van der Waals surface area contributed by atoms with Crippen LogP contribution in [0.5, 0.6) is 0 Å². The number of hydrogen-bond donors (Lipinski definition) is 2. The molecule has 0 spiro atoms. The van der Waals surface area contributed by atoms with Gasteiger partial charge < -0.3 is 10.0 Å². The molecular weight excluding hydrogens is 284 g/mol. The Hall–Kier alpha value is -0.470. The third-order valence-electron chi connectivity index (χ3n) is 3.44. The number of nitrogens with one attached hydrogen (secondary N) is 1. The van der Waals surface area contributed by atoms with Crippen LogP contribution < -0.4 is 4.72 Å². The molecule has 2 N–H and O–H groups in total. The minimum atomic E-state index is -3.53. The van der Waals surface area contributed by atoms with Gasteiger partial charge in [0.2, 0.25) is 10.0 Å². The van der Waals surface area contributed by atoms with E-state index in [0.717, 1.165) is 25.9 Å². The summed E-state index contributed by atoms with van der Waals surface area (Å²) in [5.74, 6) is 0. The molecule has 1 fully saturated rings. The Morgan fingerprint density at radius 1 is 1.47 bits per heavy atom. The first kappa shape index (κ1) is 14.9. The third kappa shape index (κ3) is 3.35. The van der Waals surface area contributed by atoms with Crippen molar-refractivity contribution < 1.29 is 13.5 Å². The Morgan fingerprint density at radius 2 is 2.11 bits per heavy atom. The number of piperidine rings is 1. The van der Waals surface area contributed by atoms with Crippen molar-refractivity contribution in [1.29, 1.82) is 0 Å².